The van der Waals surface area contributed by atoms with Gasteiger partial charge in [-0.1, -0.05) is 12.1 Å². The topological polar surface area (TPSA) is 39.4 Å². The van der Waals surface area contributed by atoms with Crippen molar-refractivity contribution in [2.75, 3.05) is 7.11 Å². The Morgan fingerprint density at radius 2 is 2.05 bits per heavy atom. The molecule has 20 heavy (non-hydrogen) atoms. The molecule has 0 spiro atoms. The van der Waals surface area contributed by atoms with Gasteiger partial charge in [-0.3, -0.25) is 0 Å². The summed E-state index contributed by atoms with van der Waals surface area (Å²) < 4.78 is 32.3. The van der Waals surface area contributed by atoms with Crippen LogP contribution in [-0.2, 0) is 0 Å². The third-order valence-corrected chi connectivity index (χ3v) is 3.07. The molecule has 3 aromatic rings. The number of nitrogens with zero attached hydrogens (tertiary/aromatic N) is 3. The Balaban J connectivity index is 2.21. The molecule has 0 fully saturated rings. The summed E-state index contributed by atoms with van der Waals surface area (Å²) in [6.07, 6.45) is 0.687. The number of rotatable bonds is 3. The van der Waals surface area contributed by atoms with Gasteiger partial charge in [0.05, 0.1) is 7.11 Å². The smallest absolute Gasteiger partial charge is 0.263 e. The first kappa shape index (κ1) is 12.5. The molecule has 102 valence electrons. The van der Waals surface area contributed by atoms with Gasteiger partial charge in [0, 0.05) is 22.9 Å². The number of fused-ring (bicyclic) bond motifs is 1. The third-order valence-electron chi connectivity index (χ3n) is 3.07. The van der Waals surface area contributed by atoms with Crippen LogP contribution in [0.4, 0.5) is 8.78 Å². The Morgan fingerprint density at radius 3 is 2.80 bits per heavy atom. The summed E-state index contributed by atoms with van der Waals surface area (Å²) in [6, 6.07) is 8.02. The summed E-state index contributed by atoms with van der Waals surface area (Å²) in [4.78, 5) is 4.18. The second kappa shape index (κ2) is 4.88. The maximum Gasteiger partial charge on any atom is 0.263 e. The number of ether oxygens (including phenoxy) is 1. The fraction of sp³-hybridized carbons (Fsp3) is 0.143. The number of hydrogen-bond donors (Lipinski definition) is 0. The van der Waals surface area contributed by atoms with Crippen molar-refractivity contribution in [3.05, 3.63) is 48.4 Å². The molecule has 2 heterocycles. The Labute approximate surface area is 113 Å². The molecule has 6 heteroatoms. The first-order valence-electron chi connectivity index (χ1n) is 5.95. The largest absolute Gasteiger partial charge is 0.496 e. The van der Waals surface area contributed by atoms with E-state index in [-0.39, 0.29) is 5.56 Å². The molecule has 0 atom stereocenters. The molecule has 0 amide bonds. The molecule has 0 aliphatic heterocycles. The van der Waals surface area contributed by atoms with Gasteiger partial charge >= 0.3 is 0 Å². The van der Waals surface area contributed by atoms with Crippen molar-refractivity contribution in [1.82, 2.24) is 14.6 Å². The van der Waals surface area contributed by atoms with Crippen molar-refractivity contribution >= 4 is 5.65 Å². The van der Waals surface area contributed by atoms with E-state index in [2.05, 4.69) is 10.1 Å². The molecule has 0 N–H and O–H groups in total. The molecule has 0 saturated heterocycles. The van der Waals surface area contributed by atoms with Crippen LogP contribution in [0.15, 0.2) is 42.9 Å². The average molecular weight is 275 g/mol. The van der Waals surface area contributed by atoms with Gasteiger partial charge in [-0.2, -0.15) is 5.10 Å². The molecule has 2 aromatic heterocycles. The van der Waals surface area contributed by atoms with E-state index < -0.39 is 6.43 Å². The number of pyridine rings is 1. The highest BCUT2D eigenvalue weighted by Gasteiger charge is 2.14. The maximum atomic E-state index is 12.7. The molecule has 0 bridgehead atoms. The first-order valence-corrected chi connectivity index (χ1v) is 5.95. The summed E-state index contributed by atoms with van der Waals surface area (Å²) in [5.41, 5.74) is 2.06. The zero-order chi connectivity index (χ0) is 14.1. The highest BCUT2D eigenvalue weighted by molar-refractivity contribution is 5.81. The van der Waals surface area contributed by atoms with E-state index in [1.165, 1.54) is 25.6 Å². The normalized spacial score (nSPS) is 11.2. The van der Waals surface area contributed by atoms with Crippen LogP contribution in [0, 0.1) is 0 Å². The second-order valence-corrected chi connectivity index (χ2v) is 4.21. The molecular formula is C14H11F2N3O. The van der Waals surface area contributed by atoms with Crippen LogP contribution in [0.1, 0.15) is 12.0 Å². The number of aromatic nitrogens is 3. The van der Waals surface area contributed by atoms with Crippen molar-refractivity contribution in [2.24, 2.45) is 0 Å². The quantitative estimate of drug-likeness (QED) is 0.736. The summed E-state index contributed by atoms with van der Waals surface area (Å²) in [5, 5.41) is 4.05. The lowest BCUT2D eigenvalue weighted by molar-refractivity contribution is 0.151. The van der Waals surface area contributed by atoms with Gasteiger partial charge in [-0.15, -0.1) is 0 Å². The molecule has 4 nitrogen and oxygen atoms in total. The zero-order valence-corrected chi connectivity index (χ0v) is 10.6. The van der Waals surface area contributed by atoms with Crippen molar-refractivity contribution in [3.8, 4) is 16.9 Å². The monoisotopic (exact) mass is 275 g/mol. The molecule has 3 rings (SSSR count). The van der Waals surface area contributed by atoms with Crippen molar-refractivity contribution < 1.29 is 13.5 Å². The van der Waals surface area contributed by atoms with Crippen LogP contribution in [0.2, 0.25) is 0 Å². The molecule has 0 saturated carbocycles. The van der Waals surface area contributed by atoms with Gasteiger partial charge in [-0.25, -0.2) is 18.3 Å². The predicted octanol–water partition coefficient (Wildman–Crippen LogP) is 3.34. The van der Waals surface area contributed by atoms with Gasteiger partial charge in [0.2, 0.25) is 0 Å². The summed E-state index contributed by atoms with van der Waals surface area (Å²) >= 11 is 0. The Hall–Kier alpha value is -2.50. The van der Waals surface area contributed by atoms with E-state index in [0.29, 0.717) is 17.0 Å². The number of methoxy groups -OCH3 is 1. The molecule has 1 aromatic carbocycles. The van der Waals surface area contributed by atoms with Crippen molar-refractivity contribution in [3.63, 3.8) is 0 Å². The van der Waals surface area contributed by atoms with Crippen LogP contribution in [0.5, 0.6) is 5.75 Å². The highest BCUT2D eigenvalue weighted by atomic mass is 19.3. The predicted molar refractivity (Wildman–Crippen MR) is 69.9 cm³/mol. The summed E-state index contributed by atoms with van der Waals surface area (Å²) in [6.45, 7) is 0. The van der Waals surface area contributed by atoms with Crippen LogP contribution < -0.4 is 4.74 Å². The molecular weight excluding hydrogens is 264 g/mol. The maximum absolute atomic E-state index is 12.7. The molecule has 0 aliphatic rings. The van der Waals surface area contributed by atoms with Crippen LogP contribution >= 0.6 is 0 Å². The fourth-order valence-electron chi connectivity index (χ4n) is 2.12. The summed E-state index contributed by atoms with van der Waals surface area (Å²) in [7, 11) is 1.46. The lowest BCUT2D eigenvalue weighted by Gasteiger charge is -2.11. The minimum atomic E-state index is -2.53. The lowest BCUT2D eigenvalue weighted by atomic mass is 10.0. The number of halogens is 2. The van der Waals surface area contributed by atoms with Crippen molar-refractivity contribution in [2.45, 2.75) is 6.43 Å². The third kappa shape index (κ3) is 1.99. The fourth-order valence-corrected chi connectivity index (χ4v) is 2.12. The van der Waals surface area contributed by atoms with Crippen LogP contribution in [0.25, 0.3) is 16.8 Å². The second-order valence-electron chi connectivity index (χ2n) is 4.21. The van der Waals surface area contributed by atoms with E-state index in [9.17, 15) is 8.78 Å². The average Bonchev–Trinajstić information content (AvgIpc) is 2.94. The van der Waals surface area contributed by atoms with E-state index in [4.69, 9.17) is 4.74 Å². The standard InChI is InChI=1S/C14H11F2N3O/c1-20-12-7-9(13(15)16)4-5-10(12)11-3-2-6-19-14(11)17-8-18-19/h2-8,13H,1H3. The van der Waals surface area contributed by atoms with Gasteiger partial charge in [0.1, 0.15) is 12.1 Å². The van der Waals surface area contributed by atoms with E-state index >= 15 is 0 Å². The summed E-state index contributed by atoms with van der Waals surface area (Å²) in [5.74, 6) is 0.388. The highest BCUT2D eigenvalue weighted by Crippen LogP contribution is 2.35. The van der Waals surface area contributed by atoms with Gasteiger partial charge in [0.15, 0.2) is 5.65 Å². The minimum absolute atomic E-state index is 0.0704. The van der Waals surface area contributed by atoms with E-state index in [1.807, 2.05) is 12.1 Å². The first-order chi connectivity index (χ1) is 9.70. The number of alkyl halides is 2. The Bertz CT molecular complexity index is 755. The Morgan fingerprint density at radius 1 is 1.20 bits per heavy atom. The minimum Gasteiger partial charge on any atom is -0.496 e. The van der Waals surface area contributed by atoms with Crippen molar-refractivity contribution in [1.29, 1.82) is 0 Å². The molecule has 0 aliphatic carbocycles. The Kier molecular flexibility index (Phi) is 3.06. The van der Waals surface area contributed by atoms with E-state index in [1.54, 1.807) is 16.8 Å². The zero-order valence-electron chi connectivity index (χ0n) is 10.6. The van der Waals surface area contributed by atoms with Crippen LogP contribution in [-0.4, -0.2) is 21.7 Å². The molecule has 0 radical (unpaired) electrons. The SMILES string of the molecule is COc1cc(C(F)F)ccc1-c1cccn2ncnc12. The van der Waals surface area contributed by atoms with Gasteiger partial charge in [0.25, 0.3) is 6.43 Å². The number of hydrogen-bond acceptors (Lipinski definition) is 3. The van der Waals surface area contributed by atoms with Crippen LogP contribution in [0.3, 0.4) is 0 Å². The van der Waals surface area contributed by atoms with Gasteiger partial charge < -0.3 is 4.74 Å². The molecule has 0 unspecified atom stereocenters. The number of benzene rings is 1. The lowest BCUT2D eigenvalue weighted by Crippen LogP contribution is -1.94. The van der Waals surface area contributed by atoms with Gasteiger partial charge in [-0.05, 0) is 18.2 Å². The van der Waals surface area contributed by atoms with E-state index in [0.717, 1.165) is 5.56 Å².